The summed E-state index contributed by atoms with van der Waals surface area (Å²) >= 11 is 6.41. The van der Waals surface area contributed by atoms with E-state index in [2.05, 4.69) is 0 Å². The van der Waals surface area contributed by atoms with E-state index in [1.807, 2.05) is 10.0 Å². The van der Waals surface area contributed by atoms with Gasteiger partial charge in [0.2, 0.25) is 5.91 Å². The third-order valence-electron chi connectivity index (χ3n) is 2.55. The standard InChI is InChI=1S/C12H8ClF3N2O3S2/c13-8-3-4-10(22-8)23(20,21)17-5-9(19)18-7-2-1-6(14)11(15)12(7)16/h1-4,17H,5H2,(H,18,19). The van der Waals surface area contributed by atoms with Crippen molar-refractivity contribution in [3.8, 4) is 0 Å². The first-order valence-electron chi connectivity index (χ1n) is 5.89. The first-order valence-corrected chi connectivity index (χ1v) is 8.57. The molecule has 0 atom stereocenters. The van der Waals surface area contributed by atoms with Crippen LogP contribution in [0.1, 0.15) is 0 Å². The second kappa shape index (κ2) is 6.87. The van der Waals surface area contributed by atoms with Crippen LogP contribution in [0.2, 0.25) is 4.34 Å². The van der Waals surface area contributed by atoms with E-state index in [4.69, 9.17) is 11.6 Å². The van der Waals surface area contributed by atoms with Gasteiger partial charge in [0, 0.05) is 0 Å². The first-order chi connectivity index (χ1) is 10.7. The number of carbonyl (C=O) groups is 1. The SMILES string of the molecule is O=C(CNS(=O)(=O)c1ccc(Cl)s1)Nc1ccc(F)c(F)c1F. The Kier molecular flexibility index (Phi) is 5.30. The lowest BCUT2D eigenvalue weighted by Gasteiger charge is -2.08. The smallest absolute Gasteiger partial charge is 0.250 e. The van der Waals surface area contributed by atoms with Gasteiger partial charge in [-0.15, -0.1) is 11.3 Å². The molecule has 0 radical (unpaired) electrons. The lowest BCUT2D eigenvalue weighted by Crippen LogP contribution is -2.32. The fourth-order valence-corrected chi connectivity index (χ4v) is 4.00. The van der Waals surface area contributed by atoms with E-state index in [-0.39, 0.29) is 8.55 Å². The Bertz CT molecular complexity index is 855. The average molecular weight is 385 g/mol. The van der Waals surface area contributed by atoms with E-state index in [0.717, 1.165) is 17.4 Å². The van der Waals surface area contributed by atoms with Gasteiger partial charge in [-0.2, -0.15) is 0 Å². The van der Waals surface area contributed by atoms with E-state index >= 15 is 0 Å². The van der Waals surface area contributed by atoms with Gasteiger partial charge in [0.15, 0.2) is 17.5 Å². The van der Waals surface area contributed by atoms with Gasteiger partial charge in [-0.3, -0.25) is 4.79 Å². The maximum Gasteiger partial charge on any atom is 0.250 e. The summed E-state index contributed by atoms with van der Waals surface area (Å²) in [5, 5.41) is 1.94. The number of halogens is 4. The monoisotopic (exact) mass is 384 g/mol. The summed E-state index contributed by atoms with van der Waals surface area (Å²) in [6.07, 6.45) is 0. The maximum atomic E-state index is 13.4. The van der Waals surface area contributed by atoms with Gasteiger partial charge in [0.25, 0.3) is 10.0 Å². The van der Waals surface area contributed by atoms with Crippen LogP contribution in [-0.2, 0) is 14.8 Å². The molecule has 0 spiro atoms. The first kappa shape index (κ1) is 17.7. The van der Waals surface area contributed by atoms with Crippen molar-refractivity contribution in [2.45, 2.75) is 4.21 Å². The molecule has 11 heteroatoms. The number of nitrogens with one attached hydrogen (secondary N) is 2. The second-order valence-corrected chi connectivity index (χ2v) is 7.86. The maximum absolute atomic E-state index is 13.4. The molecule has 0 unspecified atom stereocenters. The summed E-state index contributed by atoms with van der Waals surface area (Å²) in [6, 6.07) is 4.07. The van der Waals surface area contributed by atoms with Gasteiger partial charge in [0.1, 0.15) is 4.21 Å². The molecule has 2 N–H and O–H groups in total. The third-order valence-corrected chi connectivity index (χ3v) is 5.67. The molecule has 1 amide bonds. The predicted molar refractivity (Wildman–Crippen MR) is 79.5 cm³/mol. The van der Waals surface area contributed by atoms with Gasteiger partial charge in [-0.05, 0) is 24.3 Å². The minimum Gasteiger partial charge on any atom is -0.322 e. The molecule has 2 rings (SSSR count). The lowest BCUT2D eigenvalue weighted by molar-refractivity contribution is -0.115. The van der Waals surface area contributed by atoms with Crippen molar-refractivity contribution in [1.29, 1.82) is 0 Å². The van der Waals surface area contributed by atoms with Crippen LogP contribution < -0.4 is 10.0 Å². The summed E-state index contributed by atoms with van der Waals surface area (Å²) in [5.74, 6) is -5.68. The molecule has 0 saturated heterocycles. The molecule has 0 aliphatic heterocycles. The number of benzene rings is 1. The topological polar surface area (TPSA) is 75.3 Å². The number of rotatable bonds is 5. The molecule has 1 heterocycles. The van der Waals surface area contributed by atoms with Crippen molar-refractivity contribution >= 4 is 44.6 Å². The second-order valence-electron chi connectivity index (χ2n) is 4.15. The van der Waals surface area contributed by atoms with Gasteiger partial charge in [-0.25, -0.2) is 26.3 Å². The Labute approximate surface area is 138 Å². The molecule has 0 saturated carbocycles. The molecule has 1 aromatic carbocycles. The normalized spacial score (nSPS) is 11.5. The van der Waals surface area contributed by atoms with Crippen LogP contribution in [-0.4, -0.2) is 20.9 Å². The molecule has 0 fully saturated rings. The van der Waals surface area contributed by atoms with Crippen molar-refractivity contribution in [2.75, 3.05) is 11.9 Å². The van der Waals surface area contributed by atoms with E-state index in [9.17, 15) is 26.4 Å². The highest BCUT2D eigenvalue weighted by molar-refractivity contribution is 7.91. The molecule has 124 valence electrons. The van der Waals surface area contributed by atoms with E-state index in [1.54, 1.807) is 0 Å². The minimum atomic E-state index is -3.96. The molecule has 2 aromatic rings. The summed E-state index contributed by atoms with van der Waals surface area (Å²) in [6.45, 7) is -0.726. The zero-order valence-corrected chi connectivity index (χ0v) is 13.5. The highest BCUT2D eigenvalue weighted by Crippen LogP contribution is 2.25. The molecular weight excluding hydrogens is 377 g/mol. The molecule has 23 heavy (non-hydrogen) atoms. The van der Waals surface area contributed by atoms with Crippen LogP contribution in [0, 0.1) is 17.5 Å². The number of anilines is 1. The predicted octanol–water partition coefficient (Wildman–Crippen LogP) is 2.74. The molecule has 0 aliphatic rings. The van der Waals surface area contributed by atoms with Crippen LogP contribution in [0.25, 0.3) is 0 Å². The van der Waals surface area contributed by atoms with Gasteiger partial charge >= 0.3 is 0 Å². The Morgan fingerprint density at radius 2 is 1.83 bits per heavy atom. The number of carbonyl (C=O) groups excluding carboxylic acids is 1. The van der Waals surface area contributed by atoms with E-state index in [1.165, 1.54) is 12.1 Å². The zero-order valence-electron chi connectivity index (χ0n) is 11.1. The highest BCUT2D eigenvalue weighted by atomic mass is 35.5. The van der Waals surface area contributed by atoms with Crippen molar-refractivity contribution in [1.82, 2.24) is 4.72 Å². The number of thiophene rings is 1. The zero-order chi connectivity index (χ0) is 17.2. The summed E-state index contributed by atoms with van der Waals surface area (Å²) in [4.78, 5) is 11.6. The van der Waals surface area contributed by atoms with Crippen LogP contribution in [0.4, 0.5) is 18.9 Å². The number of hydrogen-bond acceptors (Lipinski definition) is 4. The fourth-order valence-electron chi connectivity index (χ4n) is 1.49. The quantitative estimate of drug-likeness (QED) is 0.778. The average Bonchev–Trinajstić information content (AvgIpc) is 2.93. The van der Waals surface area contributed by atoms with Gasteiger partial charge in [-0.1, -0.05) is 11.6 Å². The van der Waals surface area contributed by atoms with Gasteiger partial charge < -0.3 is 5.32 Å². The van der Waals surface area contributed by atoms with Crippen LogP contribution in [0.5, 0.6) is 0 Å². The molecule has 1 aromatic heterocycles. The molecule has 5 nitrogen and oxygen atoms in total. The van der Waals surface area contributed by atoms with Crippen molar-refractivity contribution in [3.05, 3.63) is 46.1 Å². The highest BCUT2D eigenvalue weighted by Gasteiger charge is 2.19. The van der Waals surface area contributed by atoms with Crippen LogP contribution >= 0.6 is 22.9 Å². The van der Waals surface area contributed by atoms with Gasteiger partial charge in [0.05, 0.1) is 16.6 Å². The van der Waals surface area contributed by atoms with E-state index < -0.39 is 45.6 Å². The Morgan fingerprint density at radius 3 is 2.43 bits per heavy atom. The van der Waals surface area contributed by atoms with Crippen molar-refractivity contribution in [3.63, 3.8) is 0 Å². The summed E-state index contributed by atoms with van der Waals surface area (Å²) < 4.78 is 65.0. The minimum absolute atomic E-state index is 0.102. The Morgan fingerprint density at radius 1 is 1.13 bits per heavy atom. The molecule has 0 aliphatic carbocycles. The number of sulfonamides is 1. The Balaban J connectivity index is 2.02. The molecular formula is C12H8ClF3N2O3S2. The van der Waals surface area contributed by atoms with E-state index in [0.29, 0.717) is 6.07 Å². The largest absolute Gasteiger partial charge is 0.322 e. The summed E-state index contributed by atoms with van der Waals surface area (Å²) in [5.41, 5.74) is -0.604. The summed E-state index contributed by atoms with van der Waals surface area (Å²) in [7, 11) is -3.96. The number of amides is 1. The van der Waals surface area contributed by atoms with Crippen molar-refractivity contribution < 1.29 is 26.4 Å². The lowest BCUT2D eigenvalue weighted by atomic mass is 10.3. The fraction of sp³-hybridized carbons (Fsp3) is 0.0833. The Hall–Kier alpha value is -1.62. The van der Waals surface area contributed by atoms with Crippen LogP contribution in [0.3, 0.4) is 0 Å². The van der Waals surface area contributed by atoms with Crippen LogP contribution in [0.15, 0.2) is 28.5 Å². The number of hydrogen-bond donors (Lipinski definition) is 2. The van der Waals surface area contributed by atoms with Crippen molar-refractivity contribution in [2.24, 2.45) is 0 Å². The third kappa shape index (κ3) is 4.22. The molecule has 0 bridgehead atoms.